The molecule has 1 aliphatic heterocycles. The Labute approximate surface area is 120 Å². The highest BCUT2D eigenvalue weighted by Gasteiger charge is 2.32. The first-order chi connectivity index (χ1) is 9.08. The van der Waals surface area contributed by atoms with E-state index in [1.165, 1.54) is 5.69 Å². The molecule has 0 radical (unpaired) electrons. The Morgan fingerprint density at radius 3 is 2.63 bits per heavy atom. The molecule has 0 unspecified atom stereocenters. The van der Waals surface area contributed by atoms with Crippen LogP contribution in [0.4, 0.5) is 11.4 Å². The summed E-state index contributed by atoms with van der Waals surface area (Å²) in [5.74, 6) is 1.09. The molecule has 0 bridgehead atoms. The zero-order valence-electron chi connectivity index (χ0n) is 12.2. The van der Waals surface area contributed by atoms with E-state index in [-0.39, 0.29) is 5.54 Å². The van der Waals surface area contributed by atoms with Gasteiger partial charge in [-0.3, -0.25) is 4.99 Å². The van der Waals surface area contributed by atoms with Crippen LogP contribution in [0.1, 0.15) is 26.7 Å². The van der Waals surface area contributed by atoms with Gasteiger partial charge in [0.25, 0.3) is 0 Å². The molecule has 0 saturated carbocycles. The minimum atomic E-state index is 0.145. The largest absolute Gasteiger partial charge is 0.378 e. The predicted molar refractivity (Wildman–Crippen MR) is 87.6 cm³/mol. The van der Waals surface area contributed by atoms with Gasteiger partial charge in [-0.05, 0) is 31.0 Å². The molecule has 1 N–H and O–H groups in total. The molecular formula is C15H23N3S. The van der Waals surface area contributed by atoms with E-state index < -0.39 is 0 Å². The van der Waals surface area contributed by atoms with Crippen molar-refractivity contribution in [1.82, 2.24) is 0 Å². The number of amidine groups is 1. The van der Waals surface area contributed by atoms with Gasteiger partial charge in [0.05, 0.1) is 5.54 Å². The number of rotatable bonds is 4. The van der Waals surface area contributed by atoms with Crippen LogP contribution < -0.4 is 10.2 Å². The van der Waals surface area contributed by atoms with Crippen LogP contribution in [0.15, 0.2) is 29.3 Å². The van der Waals surface area contributed by atoms with Crippen LogP contribution in [0.5, 0.6) is 0 Å². The lowest BCUT2D eigenvalue weighted by molar-refractivity contribution is 0.456. The fourth-order valence-electron chi connectivity index (χ4n) is 2.14. The third-order valence-electron chi connectivity index (χ3n) is 3.75. The number of hydrogen-bond acceptors (Lipinski definition) is 4. The second kappa shape index (κ2) is 5.87. The lowest BCUT2D eigenvalue weighted by Gasteiger charge is -2.20. The van der Waals surface area contributed by atoms with Gasteiger partial charge in [0, 0.05) is 31.2 Å². The fraction of sp³-hybridized carbons (Fsp3) is 0.533. The molecule has 1 aromatic rings. The van der Waals surface area contributed by atoms with Crippen molar-refractivity contribution < 1.29 is 0 Å². The molecule has 0 aromatic heterocycles. The van der Waals surface area contributed by atoms with E-state index >= 15 is 0 Å². The minimum absolute atomic E-state index is 0.145. The predicted octanol–water partition coefficient (Wildman–Crippen LogP) is 3.83. The van der Waals surface area contributed by atoms with Crippen LogP contribution >= 0.6 is 11.8 Å². The molecular weight excluding hydrogens is 254 g/mol. The van der Waals surface area contributed by atoms with E-state index in [0.717, 1.165) is 29.4 Å². The van der Waals surface area contributed by atoms with Crippen molar-refractivity contribution in [2.24, 2.45) is 4.99 Å². The maximum absolute atomic E-state index is 4.88. The molecule has 0 amide bonds. The van der Waals surface area contributed by atoms with Gasteiger partial charge in [0.2, 0.25) is 0 Å². The number of thioether (sulfide) groups is 1. The molecule has 0 atom stereocenters. The zero-order valence-corrected chi connectivity index (χ0v) is 13.0. The SMILES string of the molecule is CCC1(CC)CSC(Nc2cccc(N(C)C)c2)=N1. The Hall–Kier alpha value is -1.16. The fourth-order valence-corrected chi connectivity index (χ4v) is 3.47. The van der Waals surface area contributed by atoms with Crippen LogP contribution in [0.25, 0.3) is 0 Å². The summed E-state index contributed by atoms with van der Waals surface area (Å²) in [6.07, 6.45) is 2.22. The van der Waals surface area contributed by atoms with Crippen molar-refractivity contribution in [2.45, 2.75) is 32.2 Å². The maximum atomic E-state index is 4.88. The van der Waals surface area contributed by atoms with Gasteiger partial charge in [-0.2, -0.15) is 0 Å². The zero-order chi connectivity index (χ0) is 13.9. The average molecular weight is 277 g/mol. The molecule has 4 heteroatoms. The van der Waals surface area contributed by atoms with Gasteiger partial charge >= 0.3 is 0 Å². The number of aliphatic imine (C=N–C) groups is 1. The van der Waals surface area contributed by atoms with Gasteiger partial charge in [-0.15, -0.1) is 0 Å². The highest BCUT2D eigenvalue weighted by atomic mass is 32.2. The van der Waals surface area contributed by atoms with Crippen molar-refractivity contribution in [3.05, 3.63) is 24.3 Å². The first-order valence-corrected chi connectivity index (χ1v) is 7.84. The third kappa shape index (κ3) is 3.24. The molecule has 0 aliphatic carbocycles. The molecule has 3 nitrogen and oxygen atoms in total. The lowest BCUT2D eigenvalue weighted by atomic mass is 9.97. The van der Waals surface area contributed by atoms with Crippen LogP contribution in [0.2, 0.25) is 0 Å². The molecule has 104 valence electrons. The van der Waals surface area contributed by atoms with Gasteiger partial charge in [0.15, 0.2) is 5.17 Å². The van der Waals surface area contributed by atoms with E-state index in [1.807, 2.05) is 11.8 Å². The van der Waals surface area contributed by atoms with E-state index in [1.54, 1.807) is 0 Å². The van der Waals surface area contributed by atoms with Gasteiger partial charge in [-0.25, -0.2) is 0 Å². The van der Waals surface area contributed by atoms with Gasteiger partial charge in [-0.1, -0.05) is 31.7 Å². The van der Waals surface area contributed by atoms with Crippen LogP contribution in [0.3, 0.4) is 0 Å². The highest BCUT2D eigenvalue weighted by Crippen LogP contribution is 2.34. The monoisotopic (exact) mass is 277 g/mol. The maximum Gasteiger partial charge on any atom is 0.161 e. The number of anilines is 2. The third-order valence-corrected chi connectivity index (χ3v) is 4.89. The summed E-state index contributed by atoms with van der Waals surface area (Å²) in [4.78, 5) is 6.99. The normalized spacial score (nSPS) is 17.2. The van der Waals surface area contributed by atoms with Crippen LogP contribution in [0, 0.1) is 0 Å². The summed E-state index contributed by atoms with van der Waals surface area (Å²) in [6, 6.07) is 8.43. The van der Waals surface area contributed by atoms with Crippen LogP contribution in [-0.2, 0) is 0 Å². The molecule has 19 heavy (non-hydrogen) atoms. The van der Waals surface area contributed by atoms with Crippen molar-refractivity contribution in [1.29, 1.82) is 0 Å². The molecule has 0 fully saturated rings. The first-order valence-electron chi connectivity index (χ1n) is 6.85. The topological polar surface area (TPSA) is 27.6 Å². The van der Waals surface area contributed by atoms with Gasteiger partial charge in [0.1, 0.15) is 0 Å². The first kappa shape index (κ1) is 14.3. The van der Waals surface area contributed by atoms with E-state index in [9.17, 15) is 0 Å². The second-order valence-corrected chi connectivity index (χ2v) is 6.17. The minimum Gasteiger partial charge on any atom is -0.378 e. The quantitative estimate of drug-likeness (QED) is 0.906. The van der Waals surface area contributed by atoms with Crippen molar-refractivity contribution in [3.63, 3.8) is 0 Å². The summed E-state index contributed by atoms with van der Waals surface area (Å²) in [7, 11) is 4.11. The second-order valence-electron chi connectivity index (χ2n) is 5.21. The summed E-state index contributed by atoms with van der Waals surface area (Å²) in [5.41, 5.74) is 2.46. The van der Waals surface area contributed by atoms with E-state index in [2.05, 4.69) is 62.4 Å². The number of nitrogens with one attached hydrogen (secondary N) is 1. The molecule has 0 saturated heterocycles. The molecule has 0 spiro atoms. The Morgan fingerprint density at radius 2 is 2.05 bits per heavy atom. The van der Waals surface area contributed by atoms with Crippen molar-refractivity contribution in [3.8, 4) is 0 Å². The van der Waals surface area contributed by atoms with E-state index in [4.69, 9.17) is 4.99 Å². The van der Waals surface area contributed by atoms with Crippen molar-refractivity contribution >= 4 is 28.3 Å². The number of nitrogens with zero attached hydrogens (tertiary/aromatic N) is 2. The summed E-state index contributed by atoms with van der Waals surface area (Å²) in [5, 5.41) is 4.50. The highest BCUT2D eigenvalue weighted by molar-refractivity contribution is 8.14. The Morgan fingerprint density at radius 1 is 1.32 bits per heavy atom. The Balaban J connectivity index is 2.12. The van der Waals surface area contributed by atoms with Gasteiger partial charge < -0.3 is 10.2 Å². The van der Waals surface area contributed by atoms with Crippen molar-refractivity contribution in [2.75, 3.05) is 30.1 Å². The summed E-state index contributed by atoms with van der Waals surface area (Å²) < 4.78 is 0. The molecule has 1 aromatic carbocycles. The molecule has 2 rings (SSSR count). The van der Waals surface area contributed by atoms with Crippen LogP contribution in [-0.4, -0.2) is 30.6 Å². The molecule has 1 aliphatic rings. The standard InChI is InChI=1S/C15H23N3S/c1-5-15(6-2)11-19-14(17-15)16-12-8-7-9-13(10-12)18(3)4/h7-10H,5-6,11H2,1-4H3,(H,16,17). The average Bonchev–Trinajstić information content (AvgIpc) is 2.83. The summed E-state index contributed by atoms with van der Waals surface area (Å²) >= 11 is 1.83. The number of benzene rings is 1. The van der Waals surface area contributed by atoms with E-state index in [0.29, 0.717) is 0 Å². The smallest absolute Gasteiger partial charge is 0.161 e. The lowest BCUT2D eigenvalue weighted by Crippen LogP contribution is -2.24. The number of hydrogen-bond donors (Lipinski definition) is 1. The Bertz CT molecular complexity index is 464. The summed E-state index contributed by atoms with van der Waals surface area (Å²) in [6.45, 7) is 4.45. The molecule has 1 heterocycles. The Kier molecular flexibility index (Phi) is 4.40.